The third kappa shape index (κ3) is 2.54. The van der Waals surface area contributed by atoms with Gasteiger partial charge in [-0.15, -0.1) is 0 Å². The van der Waals surface area contributed by atoms with E-state index in [-0.39, 0.29) is 0 Å². The van der Waals surface area contributed by atoms with E-state index in [1.54, 1.807) is 12.4 Å². The Morgan fingerprint density at radius 2 is 2.15 bits per heavy atom. The number of hydrogen-bond donors (Lipinski definition) is 0. The number of benzene rings is 1. The molecule has 0 N–H and O–H groups in total. The maximum atomic E-state index is 5.81. The van der Waals surface area contributed by atoms with E-state index in [4.69, 9.17) is 4.74 Å². The Morgan fingerprint density at radius 3 is 3.00 bits per heavy atom. The van der Waals surface area contributed by atoms with Gasteiger partial charge < -0.3 is 4.74 Å². The smallest absolute Gasteiger partial charge is 0.133 e. The number of para-hydroxylation sites is 1. The van der Waals surface area contributed by atoms with Gasteiger partial charge in [0, 0.05) is 18.8 Å². The van der Waals surface area contributed by atoms with Gasteiger partial charge >= 0.3 is 0 Å². The Hall–Kier alpha value is -1.88. The van der Waals surface area contributed by atoms with Crippen LogP contribution in [0.5, 0.6) is 5.75 Å². The number of ether oxygens (including phenoxy) is 1. The normalized spacial score (nSPS) is 10.9. The molecule has 2 aromatic heterocycles. The van der Waals surface area contributed by atoms with Gasteiger partial charge in [0.2, 0.25) is 0 Å². The Labute approximate surface area is 125 Å². The van der Waals surface area contributed by atoms with Gasteiger partial charge in [-0.05, 0) is 34.5 Å². The molecule has 0 unspecified atom stereocenters. The lowest BCUT2D eigenvalue weighted by atomic mass is 10.2. The zero-order chi connectivity index (χ0) is 13.9. The number of rotatable bonds is 4. The first kappa shape index (κ1) is 13.1. The predicted octanol–water partition coefficient (Wildman–Crippen LogP) is 3.42. The van der Waals surface area contributed by atoms with Crippen LogP contribution in [0.1, 0.15) is 11.4 Å². The van der Waals surface area contributed by atoms with Crippen molar-refractivity contribution in [1.82, 2.24) is 14.4 Å². The largest absolute Gasteiger partial charge is 0.493 e. The van der Waals surface area contributed by atoms with E-state index in [0.717, 1.165) is 33.7 Å². The minimum atomic E-state index is 0.596. The summed E-state index contributed by atoms with van der Waals surface area (Å²) in [4.78, 5) is 8.61. The summed E-state index contributed by atoms with van der Waals surface area (Å²) in [5.74, 6) is 1.89. The quantitative estimate of drug-likeness (QED) is 0.735. The monoisotopic (exact) mass is 331 g/mol. The molecule has 0 aliphatic rings. The molecule has 0 bridgehead atoms. The predicted molar refractivity (Wildman–Crippen MR) is 81.1 cm³/mol. The summed E-state index contributed by atoms with van der Waals surface area (Å²) in [5, 5.41) is 0. The van der Waals surface area contributed by atoms with Crippen LogP contribution in [0.25, 0.3) is 5.52 Å². The Bertz CT molecular complexity index is 739. The number of fused-ring (bicyclic) bond motifs is 1. The van der Waals surface area contributed by atoms with Crippen LogP contribution in [0.4, 0.5) is 0 Å². The van der Waals surface area contributed by atoms with Crippen LogP contribution >= 0.6 is 15.9 Å². The molecule has 0 saturated heterocycles. The summed E-state index contributed by atoms with van der Waals surface area (Å²) in [5.41, 5.74) is 2.12. The fourth-order valence-electron chi connectivity index (χ4n) is 2.11. The highest BCUT2D eigenvalue weighted by Gasteiger charge is 2.08. The van der Waals surface area contributed by atoms with Gasteiger partial charge in [-0.25, -0.2) is 4.98 Å². The molecule has 2 heterocycles. The van der Waals surface area contributed by atoms with Crippen LogP contribution < -0.4 is 4.74 Å². The van der Waals surface area contributed by atoms with E-state index in [1.165, 1.54) is 0 Å². The standard InChI is InChI=1S/C15H14BrN3O/c1-11-4-2-3-5-13(11)20-9-6-14-18-15(16)12-10-17-7-8-19(12)14/h2-5,7-8,10H,6,9H2,1H3. The summed E-state index contributed by atoms with van der Waals surface area (Å²) < 4.78 is 8.66. The van der Waals surface area contributed by atoms with Crippen LogP contribution in [0.2, 0.25) is 0 Å². The average Bonchev–Trinajstić information content (AvgIpc) is 2.78. The summed E-state index contributed by atoms with van der Waals surface area (Å²) in [7, 11) is 0. The highest BCUT2D eigenvalue weighted by atomic mass is 79.9. The SMILES string of the molecule is Cc1ccccc1OCCc1nc(Br)c2cnccn12. The molecule has 0 amide bonds. The lowest BCUT2D eigenvalue weighted by molar-refractivity contribution is 0.316. The van der Waals surface area contributed by atoms with Crippen molar-refractivity contribution in [3.05, 3.63) is 58.8 Å². The van der Waals surface area contributed by atoms with Gasteiger partial charge in [0.15, 0.2) is 0 Å². The Balaban J connectivity index is 1.73. The molecule has 0 aliphatic carbocycles. The molecule has 0 aliphatic heterocycles. The van der Waals surface area contributed by atoms with E-state index in [9.17, 15) is 0 Å². The molecule has 5 heteroatoms. The van der Waals surface area contributed by atoms with E-state index in [0.29, 0.717) is 6.61 Å². The molecule has 20 heavy (non-hydrogen) atoms. The summed E-state index contributed by atoms with van der Waals surface area (Å²) in [6.45, 7) is 2.64. The number of aromatic nitrogens is 3. The van der Waals surface area contributed by atoms with E-state index in [1.807, 2.05) is 41.8 Å². The minimum Gasteiger partial charge on any atom is -0.493 e. The number of halogens is 1. The number of imidazole rings is 1. The van der Waals surface area contributed by atoms with Crippen LogP contribution in [0.3, 0.4) is 0 Å². The fraction of sp³-hybridized carbons (Fsp3) is 0.200. The Morgan fingerprint density at radius 1 is 1.30 bits per heavy atom. The highest BCUT2D eigenvalue weighted by Crippen LogP contribution is 2.19. The minimum absolute atomic E-state index is 0.596. The maximum absolute atomic E-state index is 5.81. The zero-order valence-electron chi connectivity index (χ0n) is 11.1. The average molecular weight is 332 g/mol. The summed E-state index contributed by atoms with van der Waals surface area (Å²) >= 11 is 3.45. The van der Waals surface area contributed by atoms with Crippen molar-refractivity contribution in [3.63, 3.8) is 0 Å². The molecule has 0 saturated carbocycles. The second-order valence-corrected chi connectivity index (χ2v) is 5.27. The van der Waals surface area contributed by atoms with Gasteiger partial charge in [0.1, 0.15) is 16.2 Å². The van der Waals surface area contributed by atoms with Gasteiger partial charge in [0.25, 0.3) is 0 Å². The van der Waals surface area contributed by atoms with Gasteiger partial charge in [-0.3, -0.25) is 9.38 Å². The van der Waals surface area contributed by atoms with Crippen LogP contribution in [-0.2, 0) is 6.42 Å². The fourth-order valence-corrected chi connectivity index (χ4v) is 2.61. The summed E-state index contributed by atoms with van der Waals surface area (Å²) in [6, 6.07) is 8.02. The van der Waals surface area contributed by atoms with Crippen molar-refractivity contribution >= 4 is 21.4 Å². The third-order valence-corrected chi connectivity index (χ3v) is 3.74. The molecular formula is C15H14BrN3O. The molecule has 0 fully saturated rings. The van der Waals surface area contributed by atoms with Gasteiger partial charge in [0.05, 0.1) is 18.3 Å². The van der Waals surface area contributed by atoms with Gasteiger partial charge in [-0.2, -0.15) is 0 Å². The van der Waals surface area contributed by atoms with E-state index in [2.05, 4.69) is 25.9 Å². The maximum Gasteiger partial charge on any atom is 0.133 e. The van der Waals surface area contributed by atoms with Crippen molar-refractivity contribution in [1.29, 1.82) is 0 Å². The van der Waals surface area contributed by atoms with Crippen molar-refractivity contribution in [3.8, 4) is 5.75 Å². The molecule has 1 aromatic carbocycles. The first-order valence-corrected chi connectivity index (χ1v) is 7.20. The first-order chi connectivity index (χ1) is 9.75. The van der Waals surface area contributed by atoms with Crippen LogP contribution in [-0.4, -0.2) is 21.0 Å². The van der Waals surface area contributed by atoms with Crippen LogP contribution in [0, 0.1) is 6.92 Å². The van der Waals surface area contributed by atoms with E-state index >= 15 is 0 Å². The molecule has 3 aromatic rings. The second-order valence-electron chi connectivity index (χ2n) is 4.51. The Kier molecular flexibility index (Phi) is 3.69. The van der Waals surface area contributed by atoms with Crippen molar-refractivity contribution in [2.75, 3.05) is 6.61 Å². The molecule has 0 spiro atoms. The van der Waals surface area contributed by atoms with Crippen molar-refractivity contribution in [2.45, 2.75) is 13.3 Å². The molecule has 0 atom stereocenters. The molecule has 102 valence electrons. The zero-order valence-corrected chi connectivity index (χ0v) is 12.7. The first-order valence-electron chi connectivity index (χ1n) is 6.40. The van der Waals surface area contributed by atoms with Crippen molar-refractivity contribution < 1.29 is 4.74 Å². The molecular weight excluding hydrogens is 318 g/mol. The lowest BCUT2D eigenvalue weighted by Gasteiger charge is -2.08. The second kappa shape index (κ2) is 5.63. The topological polar surface area (TPSA) is 39.4 Å². The molecule has 3 rings (SSSR count). The summed E-state index contributed by atoms with van der Waals surface area (Å²) in [6.07, 6.45) is 6.21. The molecule has 0 radical (unpaired) electrons. The van der Waals surface area contributed by atoms with Gasteiger partial charge in [-0.1, -0.05) is 18.2 Å². The number of hydrogen-bond acceptors (Lipinski definition) is 3. The lowest BCUT2D eigenvalue weighted by Crippen LogP contribution is -2.05. The number of nitrogens with zero attached hydrogens (tertiary/aromatic N) is 3. The van der Waals surface area contributed by atoms with Crippen LogP contribution in [0.15, 0.2) is 47.5 Å². The third-order valence-electron chi connectivity index (χ3n) is 3.15. The number of aryl methyl sites for hydroxylation is 1. The highest BCUT2D eigenvalue weighted by molar-refractivity contribution is 9.10. The van der Waals surface area contributed by atoms with E-state index < -0.39 is 0 Å². The molecule has 4 nitrogen and oxygen atoms in total. The van der Waals surface area contributed by atoms with Crippen molar-refractivity contribution in [2.24, 2.45) is 0 Å².